The summed E-state index contributed by atoms with van der Waals surface area (Å²) in [5.74, 6) is -0.254. The second-order valence-electron chi connectivity index (χ2n) is 6.19. The Balaban J connectivity index is 1.83. The number of nitrogens with one attached hydrogen (secondary N) is 2. The lowest BCUT2D eigenvalue weighted by atomic mass is 10.2. The largest absolute Gasteiger partial charge is 0.326 e. The zero-order valence-electron chi connectivity index (χ0n) is 15.4. The molecule has 0 aliphatic carbocycles. The molecule has 0 bridgehead atoms. The lowest BCUT2D eigenvalue weighted by Gasteiger charge is -2.12. The fraction of sp³-hybridized carbons (Fsp3) is 0.0500. The van der Waals surface area contributed by atoms with E-state index in [0.29, 0.717) is 22.8 Å². The summed E-state index contributed by atoms with van der Waals surface area (Å²) in [5, 5.41) is 5.39. The van der Waals surface area contributed by atoms with Gasteiger partial charge in [0.05, 0.1) is 5.69 Å². The van der Waals surface area contributed by atoms with E-state index in [1.54, 1.807) is 48.7 Å². The molecule has 4 rings (SSSR count). The van der Waals surface area contributed by atoms with Crippen molar-refractivity contribution < 1.29 is 9.59 Å². The van der Waals surface area contributed by atoms with Gasteiger partial charge in [-0.05, 0) is 36.4 Å². The topological polar surface area (TPSA) is 110 Å². The number of anilines is 2. The van der Waals surface area contributed by atoms with Crippen molar-refractivity contribution in [1.82, 2.24) is 19.2 Å². The number of aromatic nitrogens is 4. The summed E-state index contributed by atoms with van der Waals surface area (Å²) in [6.07, 6.45) is 2.96. The Morgan fingerprint density at radius 1 is 0.931 bits per heavy atom. The molecular formula is C20H16N6O3. The quantitative estimate of drug-likeness (QED) is 0.556. The van der Waals surface area contributed by atoms with Gasteiger partial charge in [0.2, 0.25) is 5.91 Å². The molecule has 0 radical (unpaired) electrons. The molecule has 1 aromatic carbocycles. The first-order valence-corrected chi connectivity index (χ1v) is 8.73. The number of hydrogen-bond donors (Lipinski definition) is 2. The third-order valence-corrected chi connectivity index (χ3v) is 4.12. The van der Waals surface area contributed by atoms with E-state index in [1.807, 2.05) is 0 Å². The molecule has 9 nitrogen and oxygen atoms in total. The zero-order valence-corrected chi connectivity index (χ0v) is 15.4. The number of carbonyl (C=O) groups excluding carboxylic acids is 2. The molecule has 0 aliphatic heterocycles. The Kier molecular flexibility index (Phi) is 4.62. The number of benzene rings is 1. The number of fused-ring (bicyclic) bond motifs is 1. The van der Waals surface area contributed by atoms with E-state index < -0.39 is 5.91 Å². The van der Waals surface area contributed by atoms with Gasteiger partial charge < -0.3 is 10.6 Å². The number of rotatable bonds is 4. The van der Waals surface area contributed by atoms with Crippen LogP contribution in [-0.2, 0) is 4.79 Å². The molecule has 0 saturated heterocycles. The number of hydrogen-bond acceptors (Lipinski definition) is 5. The Morgan fingerprint density at radius 2 is 1.72 bits per heavy atom. The van der Waals surface area contributed by atoms with Crippen LogP contribution in [0.25, 0.3) is 11.3 Å². The molecule has 0 fully saturated rings. The first-order chi connectivity index (χ1) is 14.0. The molecule has 4 aromatic rings. The summed E-state index contributed by atoms with van der Waals surface area (Å²) in [7, 11) is 0. The van der Waals surface area contributed by atoms with Crippen LogP contribution < -0.4 is 16.2 Å². The van der Waals surface area contributed by atoms with Crippen molar-refractivity contribution in [2.24, 2.45) is 0 Å². The molecule has 9 heteroatoms. The van der Waals surface area contributed by atoms with E-state index in [2.05, 4.69) is 20.6 Å². The number of carbonyl (C=O) groups is 2. The average molecular weight is 388 g/mol. The van der Waals surface area contributed by atoms with Gasteiger partial charge in [-0.2, -0.15) is 4.52 Å². The minimum atomic E-state index is -0.445. The molecule has 0 saturated carbocycles. The maximum absolute atomic E-state index is 12.9. The highest BCUT2D eigenvalue weighted by Crippen LogP contribution is 2.18. The van der Waals surface area contributed by atoms with Crippen molar-refractivity contribution >= 4 is 29.0 Å². The van der Waals surface area contributed by atoms with Gasteiger partial charge in [0.15, 0.2) is 5.65 Å². The first kappa shape index (κ1) is 18.1. The molecule has 0 atom stereocenters. The minimum Gasteiger partial charge on any atom is -0.326 e. The fourth-order valence-electron chi connectivity index (χ4n) is 2.93. The standard InChI is InChI=1S/C20H16N6O3/c1-13(27)23-14-5-7-15(8-6-14)25-16(12-18-22-11-9-19(28)26(18)25)20(29)24-17-4-2-3-10-21-17/h2-12H,1H3,(H,23,27)(H,21,24,29). The smallest absolute Gasteiger partial charge is 0.275 e. The SMILES string of the molecule is CC(=O)Nc1ccc(-n2c(C(=O)Nc3ccccn3)cc3nccc(=O)n32)cc1. The number of amides is 2. The van der Waals surface area contributed by atoms with Crippen LogP contribution in [0.2, 0.25) is 0 Å². The van der Waals surface area contributed by atoms with Crippen LogP contribution in [0.3, 0.4) is 0 Å². The Labute approximate surface area is 164 Å². The van der Waals surface area contributed by atoms with Gasteiger partial charge in [-0.1, -0.05) is 6.07 Å². The van der Waals surface area contributed by atoms with Crippen LogP contribution in [0, 0.1) is 0 Å². The zero-order chi connectivity index (χ0) is 20.4. The van der Waals surface area contributed by atoms with Gasteiger partial charge in [0.25, 0.3) is 11.5 Å². The van der Waals surface area contributed by atoms with E-state index in [0.717, 1.165) is 0 Å². The molecule has 144 valence electrons. The molecule has 3 heterocycles. The summed E-state index contributed by atoms with van der Waals surface area (Å²) in [4.78, 5) is 44.9. The van der Waals surface area contributed by atoms with Gasteiger partial charge in [-0.25, -0.2) is 14.6 Å². The summed E-state index contributed by atoms with van der Waals surface area (Å²) in [6, 6.07) is 14.8. The maximum atomic E-state index is 12.9. The van der Waals surface area contributed by atoms with Gasteiger partial charge >= 0.3 is 0 Å². The highest BCUT2D eigenvalue weighted by atomic mass is 16.2. The predicted octanol–water partition coefficient (Wildman–Crippen LogP) is 2.09. The summed E-state index contributed by atoms with van der Waals surface area (Å²) < 4.78 is 2.78. The van der Waals surface area contributed by atoms with Gasteiger partial charge in [-0.15, -0.1) is 0 Å². The highest BCUT2D eigenvalue weighted by molar-refractivity contribution is 6.03. The Hall–Kier alpha value is -4.27. The third-order valence-electron chi connectivity index (χ3n) is 4.12. The second-order valence-corrected chi connectivity index (χ2v) is 6.19. The normalized spacial score (nSPS) is 10.7. The van der Waals surface area contributed by atoms with Crippen LogP contribution in [0.1, 0.15) is 17.4 Å². The molecule has 0 spiro atoms. The van der Waals surface area contributed by atoms with Crippen molar-refractivity contribution in [2.45, 2.75) is 6.92 Å². The molecule has 3 aromatic heterocycles. The van der Waals surface area contributed by atoms with E-state index in [-0.39, 0.29) is 17.2 Å². The van der Waals surface area contributed by atoms with E-state index >= 15 is 0 Å². The minimum absolute atomic E-state index is 0.194. The molecule has 2 amide bonds. The monoisotopic (exact) mass is 388 g/mol. The van der Waals surface area contributed by atoms with Crippen molar-refractivity contribution in [3.8, 4) is 5.69 Å². The average Bonchev–Trinajstić information content (AvgIpc) is 3.10. The van der Waals surface area contributed by atoms with Crippen molar-refractivity contribution in [2.75, 3.05) is 10.6 Å². The highest BCUT2D eigenvalue weighted by Gasteiger charge is 2.19. The Bertz CT molecular complexity index is 1260. The van der Waals surface area contributed by atoms with Crippen molar-refractivity contribution in [3.05, 3.63) is 83.0 Å². The molecule has 29 heavy (non-hydrogen) atoms. The first-order valence-electron chi connectivity index (χ1n) is 8.73. The van der Waals surface area contributed by atoms with Gasteiger partial charge in [-0.3, -0.25) is 14.4 Å². The van der Waals surface area contributed by atoms with Crippen LogP contribution in [0.15, 0.2) is 71.8 Å². The molecular weight excluding hydrogens is 372 g/mol. The summed E-state index contributed by atoms with van der Waals surface area (Å²) in [5.41, 5.74) is 1.35. The molecule has 0 unspecified atom stereocenters. The van der Waals surface area contributed by atoms with E-state index in [9.17, 15) is 14.4 Å². The van der Waals surface area contributed by atoms with Crippen LogP contribution >= 0.6 is 0 Å². The molecule has 0 aliphatic rings. The maximum Gasteiger partial charge on any atom is 0.275 e. The van der Waals surface area contributed by atoms with Crippen molar-refractivity contribution in [3.63, 3.8) is 0 Å². The van der Waals surface area contributed by atoms with Crippen LogP contribution in [0.5, 0.6) is 0 Å². The van der Waals surface area contributed by atoms with Crippen LogP contribution in [-0.4, -0.2) is 31.0 Å². The summed E-state index contributed by atoms with van der Waals surface area (Å²) in [6.45, 7) is 1.42. The fourth-order valence-corrected chi connectivity index (χ4v) is 2.93. The lowest BCUT2D eigenvalue weighted by molar-refractivity contribution is -0.114. The third kappa shape index (κ3) is 3.61. The second kappa shape index (κ2) is 7.39. The van der Waals surface area contributed by atoms with Crippen LogP contribution in [0.4, 0.5) is 11.5 Å². The van der Waals surface area contributed by atoms with Gasteiger partial charge in [0, 0.05) is 37.1 Å². The van der Waals surface area contributed by atoms with E-state index in [4.69, 9.17) is 0 Å². The number of nitrogens with zero attached hydrogens (tertiary/aromatic N) is 4. The number of pyridine rings is 1. The van der Waals surface area contributed by atoms with Gasteiger partial charge in [0.1, 0.15) is 11.5 Å². The van der Waals surface area contributed by atoms with E-state index in [1.165, 1.54) is 34.5 Å². The van der Waals surface area contributed by atoms with Crippen molar-refractivity contribution in [1.29, 1.82) is 0 Å². The summed E-state index contributed by atoms with van der Waals surface area (Å²) >= 11 is 0. The predicted molar refractivity (Wildman–Crippen MR) is 107 cm³/mol. The Morgan fingerprint density at radius 3 is 2.41 bits per heavy atom. The lowest BCUT2D eigenvalue weighted by Crippen LogP contribution is -2.24. The molecule has 2 N–H and O–H groups in total.